The monoisotopic (exact) mass is 594 g/mol. The number of hydrazone groups is 1. The summed E-state index contributed by atoms with van der Waals surface area (Å²) in [7, 11) is -4.08. The van der Waals surface area contributed by atoms with Gasteiger partial charge in [-0.3, -0.25) is 13.9 Å². The molecular formula is C29H27ClN4O6S. The van der Waals surface area contributed by atoms with Crippen LogP contribution in [0.2, 0.25) is 5.02 Å². The lowest BCUT2D eigenvalue weighted by Gasteiger charge is -2.25. The van der Waals surface area contributed by atoms with Gasteiger partial charge in [0.05, 0.1) is 29.6 Å². The van der Waals surface area contributed by atoms with Gasteiger partial charge >= 0.3 is 0 Å². The predicted molar refractivity (Wildman–Crippen MR) is 155 cm³/mol. The zero-order valence-corrected chi connectivity index (χ0v) is 23.6. The fraction of sp³-hybridized carbons (Fsp3) is 0.138. The molecule has 12 heteroatoms. The van der Waals surface area contributed by atoms with Crippen molar-refractivity contribution in [1.82, 2.24) is 10.7 Å². The lowest BCUT2D eigenvalue weighted by Crippen LogP contribution is -2.40. The molecule has 0 spiro atoms. The van der Waals surface area contributed by atoms with E-state index in [0.29, 0.717) is 27.7 Å². The number of nitrogens with zero attached hydrogens (tertiary/aromatic N) is 2. The Labute approximate surface area is 242 Å². The lowest BCUT2D eigenvalue weighted by molar-refractivity contribution is -0.123. The summed E-state index contributed by atoms with van der Waals surface area (Å²) in [6, 6.07) is 22.9. The van der Waals surface area contributed by atoms with Crippen LogP contribution in [-0.4, -0.2) is 39.6 Å². The highest BCUT2D eigenvalue weighted by Gasteiger charge is 2.28. The van der Waals surface area contributed by atoms with Crippen LogP contribution in [0.25, 0.3) is 0 Å². The molecule has 0 radical (unpaired) electrons. The Kier molecular flexibility index (Phi) is 9.77. The van der Waals surface area contributed by atoms with Gasteiger partial charge in [-0.05, 0) is 78.7 Å². The number of nitrogens with one attached hydrogen (secondary N) is 2. The van der Waals surface area contributed by atoms with E-state index in [-0.39, 0.29) is 29.6 Å². The van der Waals surface area contributed by atoms with Crippen LogP contribution in [0.15, 0.2) is 106 Å². The second-order valence-corrected chi connectivity index (χ2v) is 11.0. The largest absolute Gasteiger partial charge is 0.484 e. The number of ether oxygens (including phenoxy) is 1. The third kappa shape index (κ3) is 7.96. The zero-order chi connectivity index (χ0) is 29.2. The maximum Gasteiger partial charge on any atom is 0.264 e. The van der Waals surface area contributed by atoms with E-state index in [0.717, 1.165) is 4.31 Å². The molecule has 0 unspecified atom stereocenters. The first-order valence-corrected chi connectivity index (χ1v) is 14.2. The number of halogens is 1. The molecule has 0 fully saturated rings. The molecule has 2 N–H and O–H groups in total. The fourth-order valence-corrected chi connectivity index (χ4v) is 5.35. The molecule has 0 aliphatic rings. The number of anilines is 1. The molecule has 10 nitrogen and oxygen atoms in total. The number of hydrogen-bond acceptors (Lipinski definition) is 7. The summed E-state index contributed by atoms with van der Waals surface area (Å²) in [5, 5.41) is 7.01. The van der Waals surface area contributed by atoms with Crippen molar-refractivity contribution >= 4 is 45.3 Å². The zero-order valence-electron chi connectivity index (χ0n) is 22.0. The molecule has 4 aromatic rings. The summed E-state index contributed by atoms with van der Waals surface area (Å²) in [6.45, 7) is 1.26. The van der Waals surface area contributed by atoms with Crippen LogP contribution in [0.4, 0.5) is 5.69 Å². The Balaban J connectivity index is 1.35. The SMILES string of the molecule is Cc1c(Cl)cccc1N(CC(=O)N/N=C\c1ccc(OCC(=O)NCc2ccco2)cc1)S(=O)(=O)c1ccccc1. The van der Waals surface area contributed by atoms with Gasteiger partial charge in [0.2, 0.25) is 0 Å². The van der Waals surface area contributed by atoms with E-state index in [1.54, 1.807) is 79.7 Å². The Morgan fingerprint density at radius 2 is 1.73 bits per heavy atom. The number of carbonyl (C=O) groups is 2. The minimum atomic E-state index is -4.08. The molecule has 1 heterocycles. The van der Waals surface area contributed by atoms with Crippen molar-refractivity contribution in [1.29, 1.82) is 0 Å². The molecule has 41 heavy (non-hydrogen) atoms. The first-order chi connectivity index (χ1) is 19.7. The minimum Gasteiger partial charge on any atom is -0.484 e. The van der Waals surface area contributed by atoms with Gasteiger partial charge in [0, 0.05) is 5.02 Å². The Hall–Kier alpha value is -4.61. The maximum absolute atomic E-state index is 13.5. The molecule has 4 rings (SSSR count). The predicted octanol–water partition coefficient (Wildman–Crippen LogP) is 4.28. The summed E-state index contributed by atoms with van der Waals surface area (Å²) in [6.07, 6.45) is 2.93. The van der Waals surface area contributed by atoms with Gasteiger partial charge in [-0.1, -0.05) is 35.9 Å². The van der Waals surface area contributed by atoms with Crippen molar-refractivity contribution in [2.75, 3.05) is 17.5 Å². The van der Waals surface area contributed by atoms with E-state index in [1.165, 1.54) is 24.6 Å². The number of furan rings is 1. The molecule has 1 aromatic heterocycles. The van der Waals surface area contributed by atoms with Gasteiger partial charge in [-0.25, -0.2) is 13.8 Å². The molecule has 212 valence electrons. The van der Waals surface area contributed by atoms with Gasteiger partial charge in [0.1, 0.15) is 18.1 Å². The second-order valence-electron chi connectivity index (χ2n) is 8.72. The molecule has 0 bridgehead atoms. The number of amides is 2. The fourth-order valence-electron chi connectivity index (χ4n) is 3.68. The Morgan fingerprint density at radius 1 is 0.976 bits per heavy atom. The molecule has 0 atom stereocenters. The molecule has 0 saturated carbocycles. The summed E-state index contributed by atoms with van der Waals surface area (Å²) in [5.74, 6) is 0.156. The summed E-state index contributed by atoms with van der Waals surface area (Å²) >= 11 is 6.24. The lowest BCUT2D eigenvalue weighted by atomic mass is 10.2. The summed E-state index contributed by atoms with van der Waals surface area (Å²) in [5.41, 5.74) is 3.81. The molecule has 3 aromatic carbocycles. The van der Waals surface area contributed by atoms with E-state index in [9.17, 15) is 18.0 Å². The molecule has 0 saturated heterocycles. The highest BCUT2D eigenvalue weighted by molar-refractivity contribution is 7.92. The molecule has 2 amide bonds. The van der Waals surface area contributed by atoms with E-state index >= 15 is 0 Å². The molecule has 0 aliphatic heterocycles. The van der Waals surface area contributed by atoms with Gasteiger partial charge in [0.25, 0.3) is 21.8 Å². The van der Waals surface area contributed by atoms with Gasteiger partial charge in [-0.2, -0.15) is 5.10 Å². The first kappa shape index (κ1) is 29.4. The number of rotatable bonds is 12. The van der Waals surface area contributed by atoms with Crippen LogP contribution >= 0.6 is 11.6 Å². The highest BCUT2D eigenvalue weighted by Crippen LogP contribution is 2.30. The molecular weight excluding hydrogens is 568 g/mol. The van der Waals surface area contributed by atoms with Crippen molar-refractivity contribution in [3.63, 3.8) is 0 Å². The van der Waals surface area contributed by atoms with E-state index < -0.39 is 22.5 Å². The van der Waals surface area contributed by atoms with E-state index in [1.807, 2.05) is 0 Å². The van der Waals surface area contributed by atoms with Crippen LogP contribution < -0.4 is 19.8 Å². The van der Waals surface area contributed by atoms with Crippen molar-refractivity contribution < 1.29 is 27.2 Å². The smallest absolute Gasteiger partial charge is 0.264 e. The highest BCUT2D eigenvalue weighted by atomic mass is 35.5. The Bertz CT molecular complexity index is 1610. The van der Waals surface area contributed by atoms with Gasteiger partial charge in [0.15, 0.2) is 6.61 Å². The van der Waals surface area contributed by atoms with Crippen molar-refractivity contribution in [3.8, 4) is 5.75 Å². The summed E-state index contributed by atoms with van der Waals surface area (Å²) < 4.78 is 38.6. The van der Waals surface area contributed by atoms with Crippen LogP contribution in [0.3, 0.4) is 0 Å². The van der Waals surface area contributed by atoms with E-state index in [4.69, 9.17) is 20.8 Å². The van der Waals surface area contributed by atoms with Crippen molar-refractivity contribution in [2.45, 2.75) is 18.4 Å². The van der Waals surface area contributed by atoms with Crippen LogP contribution in [0.5, 0.6) is 5.75 Å². The van der Waals surface area contributed by atoms with Gasteiger partial charge in [-0.15, -0.1) is 0 Å². The van der Waals surface area contributed by atoms with Crippen LogP contribution in [-0.2, 0) is 26.2 Å². The van der Waals surface area contributed by atoms with Crippen molar-refractivity contribution in [2.24, 2.45) is 5.10 Å². The minimum absolute atomic E-state index is 0.0352. The second kappa shape index (κ2) is 13.6. The van der Waals surface area contributed by atoms with E-state index in [2.05, 4.69) is 15.8 Å². The Morgan fingerprint density at radius 3 is 2.44 bits per heavy atom. The third-order valence-electron chi connectivity index (χ3n) is 5.82. The van der Waals surface area contributed by atoms with Gasteiger partial charge < -0.3 is 14.5 Å². The summed E-state index contributed by atoms with van der Waals surface area (Å²) in [4.78, 5) is 24.8. The number of hydrogen-bond donors (Lipinski definition) is 2. The topological polar surface area (TPSA) is 130 Å². The molecule has 0 aliphatic carbocycles. The van der Waals surface area contributed by atoms with Crippen LogP contribution in [0.1, 0.15) is 16.9 Å². The number of carbonyl (C=O) groups excluding carboxylic acids is 2. The standard InChI is InChI=1S/C29H27ClN4O6S/c1-21-26(30)10-5-11-27(21)34(41(37,38)25-8-3-2-4-9-25)19-28(35)33-32-17-22-12-14-23(15-13-22)40-20-29(36)31-18-24-7-6-16-39-24/h2-17H,18-20H2,1H3,(H,31,36)(H,33,35)/b32-17-. The third-order valence-corrected chi connectivity index (χ3v) is 8.00. The van der Waals surface area contributed by atoms with Crippen molar-refractivity contribution in [3.05, 3.63) is 113 Å². The maximum atomic E-state index is 13.5. The first-order valence-electron chi connectivity index (χ1n) is 12.4. The number of benzene rings is 3. The average Bonchev–Trinajstić information content (AvgIpc) is 3.50. The van der Waals surface area contributed by atoms with Crippen LogP contribution in [0, 0.1) is 6.92 Å². The average molecular weight is 595 g/mol. The normalized spacial score (nSPS) is 11.3. The quantitative estimate of drug-likeness (QED) is 0.186. The number of sulfonamides is 1.